The molecular weight excluding hydrogens is 444 g/mol. The first-order chi connectivity index (χ1) is 14.6. The van der Waals surface area contributed by atoms with Gasteiger partial charge < -0.3 is 20.6 Å². The van der Waals surface area contributed by atoms with Crippen LogP contribution in [0.2, 0.25) is 5.02 Å². The second kappa shape index (κ2) is 7.82. The summed E-state index contributed by atoms with van der Waals surface area (Å²) in [5.41, 5.74) is 6.90. The highest BCUT2D eigenvalue weighted by Crippen LogP contribution is 2.36. The molecule has 1 aromatic carbocycles. The number of sulfone groups is 1. The predicted octanol–water partition coefficient (Wildman–Crippen LogP) is 2.13. The van der Waals surface area contributed by atoms with Gasteiger partial charge in [0, 0.05) is 43.4 Å². The van der Waals surface area contributed by atoms with E-state index in [2.05, 4.69) is 15.0 Å². The zero-order valence-corrected chi connectivity index (χ0v) is 18.1. The van der Waals surface area contributed by atoms with Gasteiger partial charge in [-0.05, 0) is 24.3 Å². The van der Waals surface area contributed by atoms with Gasteiger partial charge in [0.05, 0.1) is 21.1 Å². The van der Waals surface area contributed by atoms with Crippen molar-refractivity contribution in [2.75, 3.05) is 43.1 Å². The number of rotatable bonds is 3. The summed E-state index contributed by atoms with van der Waals surface area (Å²) >= 11 is 6.55. The number of nitrogens with zero attached hydrogens (tertiary/aromatic N) is 5. The van der Waals surface area contributed by atoms with Gasteiger partial charge in [-0.2, -0.15) is 0 Å². The number of anilines is 2. The van der Waals surface area contributed by atoms with E-state index in [0.29, 0.717) is 48.5 Å². The molecule has 0 radical (unpaired) electrons. The lowest BCUT2D eigenvalue weighted by Gasteiger charge is -2.34. The predicted molar refractivity (Wildman–Crippen MR) is 117 cm³/mol. The minimum Gasteiger partial charge on any atom is -0.465 e. The Morgan fingerprint density at radius 2 is 1.87 bits per heavy atom. The molecule has 1 fully saturated rings. The fourth-order valence-electron chi connectivity index (χ4n) is 3.56. The van der Waals surface area contributed by atoms with Crippen LogP contribution in [-0.2, 0) is 9.84 Å². The number of nitrogens with two attached hydrogens (primary N) is 1. The third-order valence-corrected chi connectivity index (χ3v) is 6.53. The molecule has 10 nitrogen and oxygen atoms in total. The summed E-state index contributed by atoms with van der Waals surface area (Å²) in [6, 6.07) is 6.15. The largest absolute Gasteiger partial charge is 0.465 e. The van der Waals surface area contributed by atoms with Crippen LogP contribution in [0.15, 0.2) is 35.5 Å². The minimum absolute atomic E-state index is 0.0158. The van der Waals surface area contributed by atoms with Crippen molar-refractivity contribution in [1.29, 1.82) is 0 Å². The lowest BCUT2D eigenvalue weighted by Crippen LogP contribution is -2.48. The van der Waals surface area contributed by atoms with Crippen molar-refractivity contribution in [1.82, 2.24) is 19.9 Å². The molecule has 1 amide bonds. The lowest BCUT2D eigenvalue weighted by atomic mass is 10.1. The van der Waals surface area contributed by atoms with E-state index in [4.69, 9.17) is 22.4 Å². The molecule has 2 aromatic heterocycles. The normalized spacial score (nSPS) is 14.8. The van der Waals surface area contributed by atoms with Crippen molar-refractivity contribution in [3.63, 3.8) is 0 Å². The third-order valence-electron chi connectivity index (χ3n) is 5.09. The second-order valence-electron chi connectivity index (χ2n) is 7.16. The number of carbonyl (C=O) groups is 1. The first-order valence-electron chi connectivity index (χ1n) is 9.29. The summed E-state index contributed by atoms with van der Waals surface area (Å²) in [6.45, 7) is 1.68. The standard InChI is InChI=1S/C19H19ClN6O4S/c1-31(29,30)15-2-3-16(21)24-17(15)11-9-14-12(8-13(11)20)18(23-10-22-14)25-4-6-26(7-5-25)19(27)28/h2-3,8-10H,4-7H2,1H3,(H2,21,24)(H,27,28). The highest BCUT2D eigenvalue weighted by molar-refractivity contribution is 7.90. The fourth-order valence-corrected chi connectivity index (χ4v) is 4.63. The molecule has 162 valence electrons. The highest BCUT2D eigenvalue weighted by atomic mass is 35.5. The molecule has 3 heterocycles. The number of halogens is 1. The summed E-state index contributed by atoms with van der Waals surface area (Å²) in [5, 5.41) is 10.1. The summed E-state index contributed by atoms with van der Waals surface area (Å²) in [5.74, 6) is 0.797. The molecule has 3 N–H and O–H groups in total. The van der Waals surface area contributed by atoms with Crippen molar-refractivity contribution in [3.8, 4) is 11.3 Å². The molecule has 1 aliphatic heterocycles. The average molecular weight is 463 g/mol. The number of hydrogen-bond donors (Lipinski definition) is 2. The number of hydrogen-bond acceptors (Lipinski definition) is 8. The minimum atomic E-state index is -3.58. The molecule has 3 aromatic rings. The Morgan fingerprint density at radius 3 is 2.52 bits per heavy atom. The van der Waals surface area contributed by atoms with E-state index in [-0.39, 0.29) is 21.4 Å². The third kappa shape index (κ3) is 4.06. The van der Waals surface area contributed by atoms with Gasteiger partial charge in [0.15, 0.2) is 9.84 Å². The van der Waals surface area contributed by atoms with E-state index in [9.17, 15) is 13.2 Å². The number of aromatic nitrogens is 3. The van der Waals surface area contributed by atoms with Crippen LogP contribution in [0.1, 0.15) is 0 Å². The molecule has 1 saturated heterocycles. The van der Waals surface area contributed by atoms with Gasteiger partial charge in [-0.3, -0.25) is 0 Å². The number of amides is 1. The van der Waals surface area contributed by atoms with E-state index in [1.54, 1.807) is 12.1 Å². The molecule has 31 heavy (non-hydrogen) atoms. The van der Waals surface area contributed by atoms with E-state index in [0.717, 1.165) is 6.26 Å². The van der Waals surface area contributed by atoms with Crippen molar-refractivity contribution < 1.29 is 18.3 Å². The molecule has 1 aliphatic rings. The number of piperazine rings is 1. The van der Waals surface area contributed by atoms with Gasteiger partial charge in [-0.1, -0.05) is 11.6 Å². The quantitative estimate of drug-likeness (QED) is 0.598. The van der Waals surface area contributed by atoms with Crippen molar-refractivity contribution in [2.24, 2.45) is 0 Å². The Kier molecular flexibility index (Phi) is 5.31. The number of carboxylic acid groups (broad SMARTS) is 1. The van der Waals surface area contributed by atoms with Crippen molar-refractivity contribution in [2.45, 2.75) is 4.90 Å². The first-order valence-corrected chi connectivity index (χ1v) is 11.6. The van der Waals surface area contributed by atoms with Crippen LogP contribution in [0, 0.1) is 0 Å². The van der Waals surface area contributed by atoms with Gasteiger partial charge in [0.1, 0.15) is 18.0 Å². The molecule has 0 aliphatic carbocycles. The lowest BCUT2D eigenvalue weighted by molar-refractivity contribution is 0.142. The number of fused-ring (bicyclic) bond motifs is 1. The Hall–Kier alpha value is -3.18. The maximum absolute atomic E-state index is 12.2. The Bertz CT molecular complexity index is 1290. The number of pyridine rings is 1. The number of nitrogen functional groups attached to an aromatic ring is 1. The van der Waals surface area contributed by atoms with Gasteiger partial charge in [-0.15, -0.1) is 0 Å². The van der Waals surface area contributed by atoms with Gasteiger partial charge in [0.2, 0.25) is 0 Å². The Labute approximate surface area is 183 Å². The Balaban J connectivity index is 1.81. The zero-order chi connectivity index (χ0) is 22.3. The topological polar surface area (TPSA) is 143 Å². The van der Waals surface area contributed by atoms with Gasteiger partial charge >= 0.3 is 6.09 Å². The zero-order valence-electron chi connectivity index (χ0n) is 16.5. The van der Waals surface area contributed by atoms with Gasteiger partial charge in [0.25, 0.3) is 0 Å². The molecule has 0 atom stereocenters. The van der Waals surface area contributed by atoms with E-state index < -0.39 is 15.9 Å². The first kappa shape index (κ1) is 21.1. The summed E-state index contributed by atoms with van der Waals surface area (Å²) in [4.78, 5) is 27.4. The van der Waals surface area contributed by atoms with Crippen LogP contribution in [0.5, 0.6) is 0 Å². The van der Waals surface area contributed by atoms with Crippen LogP contribution in [-0.4, -0.2) is 71.9 Å². The molecule has 4 rings (SSSR count). The van der Waals surface area contributed by atoms with Crippen LogP contribution < -0.4 is 10.6 Å². The highest BCUT2D eigenvalue weighted by Gasteiger charge is 2.24. The number of benzene rings is 1. The molecule has 0 bridgehead atoms. The van der Waals surface area contributed by atoms with E-state index in [1.165, 1.54) is 23.4 Å². The summed E-state index contributed by atoms with van der Waals surface area (Å²) in [7, 11) is -3.58. The Morgan fingerprint density at radius 1 is 1.16 bits per heavy atom. The van der Waals surface area contributed by atoms with E-state index in [1.807, 2.05) is 4.90 Å². The molecule has 0 unspecified atom stereocenters. The van der Waals surface area contributed by atoms with Crippen molar-refractivity contribution >= 4 is 50.1 Å². The monoisotopic (exact) mass is 462 g/mol. The maximum Gasteiger partial charge on any atom is 0.407 e. The molecule has 0 saturated carbocycles. The van der Waals surface area contributed by atoms with E-state index >= 15 is 0 Å². The average Bonchev–Trinajstić information content (AvgIpc) is 2.72. The smallest absolute Gasteiger partial charge is 0.407 e. The van der Waals surface area contributed by atoms with Crippen LogP contribution >= 0.6 is 11.6 Å². The molecule has 12 heteroatoms. The molecular formula is C19H19ClN6O4S. The van der Waals surface area contributed by atoms with Crippen LogP contribution in [0.25, 0.3) is 22.2 Å². The van der Waals surface area contributed by atoms with Crippen molar-refractivity contribution in [3.05, 3.63) is 35.6 Å². The van der Waals surface area contributed by atoms with Gasteiger partial charge in [-0.25, -0.2) is 28.2 Å². The molecule has 0 spiro atoms. The summed E-state index contributed by atoms with van der Waals surface area (Å²) in [6.07, 6.45) is 1.55. The maximum atomic E-state index is 12.2. The second-order valence-corrected chi connectivity index (χ2v) is 9.55. The fraction of sp³-hybridized carbons (Fsp3) is 0.263. The SMILES string of the molecule is CS(=O)(=O)c1ccc(N)nc1-c1cc2ncnc(N3CCN(C(=O)O)CC3)c2cc1Cl. The van der Waals surface area contributed by atoms with Crippen LogP contribution in [0.3, 0.4) is 0 Å². The van der Waals surface area contributed by atoms with Crippen LogP contribution in [0.4, 0.5) is 16.4 Å². The summed E-state index contributed by atoms with van der Waals surface area (Å²) < 4.78 is 24.5.